The first-order chi connectivity index (χ1) is 11.7. The molecule has 0 unspecified atom stereocenters. The van der Waals surface area contributed by atoms with Crippen molar-refractivity contribution in [3.05, 3.63) is 46.6 Å². The fraction of sp³-hybridized carbons (Fsp3) is 0.412. The van der Waals surface area contributed by atoms with E-state index in [4.69, 9.17) is 0 Å². The Hall–Kier alpha value is -2.35. The van der Waals surface area contributed by atoms with Crippen LogP contribution in [0.25, 0.3) is 11.1 Å². The van der Waals surface area contributed by atoms with Crippen molar-refractivity contribution in [1.29, 1.82) is 0 Å². The lowest BCUT2D eigenvalue weighted by Gasteiger charge is -2.23. The molecule has 0 spiro atoms. The van der Waals surface area contributed by atoms with Crippen LogP contribution in [0.2, 0.25) is 0 Å². The van der Waals surface area contributed by atoms with Gasteiger partial charge in [-0.1, -0.05) is 12.8 Å². The number of alkyl halides is 3. The second-order valence-electron chi connectivity index (χ2n) is 6.40. The van der Waals surface area contributed by atoms with E-state index in [1.165, 1.54) is 17.1 Å². The summed E-state index contributed by atoms with van der Waals surface area (Å²) in [5.74, 6) is -0.647. The standard InChI is InChI=1S/C17H17F3N2O3/c18-17(19,20)11-3-4-12(14(23)7-11)13-8-21-10-22(15(13)24)9-16(25)5-1-2-6-16/h3-4,7-8,10,23,25H,1-2,5-6,9H2. The van der Waals surface area contributed by atoms with Crippen molar-refractivity contribution in [3.8, 4) is 16.9 Å². The molecule has 1 aromatic heterocycles. The molecule has 2 N–H and O–H groups in total. The van der Waals surface area contributed by atoms with Crippen molar-refractivity contribution in [1.82, 2.24) is 9.55 Å². The van der Waals surface area contributed by atoms with Gasteiger partial charge in [0.1, 0.15) is 5.75 Å². The van der Waals surface area contributed by atoms with Gasteiger partial charge in [-0.15, -0.1) is 0 Å². The van der Waals surface area contributed by atoms with Gasteiger partial charge in [0.2, 0.25) is 0 Å². The van der Waals surface area contributed by atoms with E-state index in [9.17, 15) is 28.2 Å². The summed E-state index contributed by atoms with van der Waals surface area (Å²) in [5.41, 5.74) is -2.55. The van der Waals surface area contributed by atoms with Crippen molar-refractivity contribution in [2.75, 3.05) is 0 Å². The Kier molecular flexibility index (Phi) is 4.32. The van der Waals surface area contributed by atoms with Crippen LogP contribution in [0.4, 0.5) is 13.2 Å². The highest BCUT2D eigenvalue weighted by Crippen LogP contribution is 2.35. The molecule has 0 radical (unpaired) electrons. The number of nitrogens with zero attached hydrogens (tertiary/aromatic N) is 2. The summed E-state index contributed by atoms with van der Waals surface area (Å²) in [7, 11) is 0. The van der Waals surface area contributed by atoms with Gasteiger partial charge in [-0.2, -0.15) is 13.2 Å². The Morgan fingerprint density at radius 3 is 2.48 bits per heavy atom. The molecule has 0 aliphatic heterocycles. The van der Waals surface area contributed by atoms with Gasteiger partial charge in [0.05, 0.1) is 29.6 Å². The summed E-state index contributed by atoms with van der Waals surface area (Å²) < 4.78 is 39.3. The molecule has 1 aliphatic carbocycles. The summed E-state index contributed by atoms with van der Waals surface area (Å²) in [6.45, 7) is 0.0636. The second kappa shape index (κ2) is 6.18. The first-order valence-corrected chi connectivity index (χ1v) is 7.87. The third-order valence-corrected chi connectivity index (χ3v) is 4.52. The monoisotopic (exact) mass is 354 g/mol. The lowest BCUT2D eigenvalue weighted by atomic mass is 10.0. The molecule has 5 nitrogen and oxygen atoms in total. The van der Waals surface area contributed by atoms with Crippen LogP contribution in [-0.4, -0.2) is 25.4 Å². The molecular weight excluding hydrogens is 337 g/mol. The number of phenols is 1. The molecule has 0 saturated heterocycles. The van der Waals surface area contributed by atoms with Gasteiger partial charge in [0.15, 0.2) is 0 Å². The Bertz CT molecular complexity index is 840. The van der Waals surface area contributed by atoms with Crippen LogP contribution < -0.4 is 5.56 Å². The molecule has 8 heteroatoms. The van der Waals surface area contributed by atoms with Gasteiger partial charge >= 0.3 is 6.18 Å². The highest BCUT2D eigenvalue weighted by Gasteiger charge is 2.33. The van der Waals surface area contributed by atoms with Crippen LogP contribution in [0, 0.1) is 0 Å². The quantitative estimate of drug-likeness (QED) is 0.889. The van der Waals surface area contributed by atoms with E-state index in [1.807, 2.05) is 0 Å². The minimum absolute atomic E-state index is 0.0182. The van der Waals surface area contributed by atoms with Crippen LogP contribution >= 0.6 is 0 Å². The zero-order chi connectivity index (χ0) is 18.2. The Balaban J connectivity index is 1.99. The minimum atomic E-state index is -4.59. The summed E-state index contributed by atoms with van der Waals surface area (Å²) in [6, 6.07) is 2.43. The average Bonchev–Trinajstić information content (AvgIpc) is 2.95. The maximum absolute atomic E-state index is 12.7. The van der Waals surface area contributed by atoms with Crippen molar-refractivity contribution in [3.63, 3.8) is 0 Å². The molecule has 134 valence electrons. The number of halogens is 3. The third kappa shape index (κ3) is 3.53. The molecule has 1 fully saturated rings. The number of aromatic hydroxyl groups is 1. The Labute approximate surface area is 141 Å². The molecule has 0 bridgehead atoms. The normalized spacial score (nSPS) is 17.0. The van der Waals surface area contributed by atoms with E-state index in [-0.39, 0.29) is 17.7 Å². The average molecular weight is 354 g/mol. The number of hydrogen-bond acceptors (Lipinski definition) is 4. The summed E-state index contributed by atoms with van der Waals surface area (Å²) in [4.78, 5) is 16.5. The van der Waals surface area contributed by atoms with Gasteiger partial charge < -0.3 is 10.2 Å². The van der Waals surface area contributed by atoms with Crippen LogP contribution in [0.15, 0.2) is 35.5 Å². The molecule has 0 atom stereocenters. The molecule has 25 heavy (non-hydrogen) atoms. The highest BCUT2D eigenvalue weighted by molar-refractivity contribution is 5.69. The maximum atomic E-state index is 12.7. The van der Waals surface area contributed by atoms with E-state index in [0.29, 0.717) is 18.9 Å². The van der Waals surface area contributed by atoms with E-state index < -0.39 is 28.6 Å². The molecule has 0 amide bonds. The van der Waals surface area contributed by atoms with Crippen molar-refractivity contribution < 1.29 is 23.4 Å². The number of benzene rings is 1. The van der Waals surface area contributed by atoms with Crippen LogP contribution in [-0.2, 0) is 12.7 Å². The predicted molar refractivity (Wildman–Crippen MR) is 84.0 cm³/mol. The fourth-order valence-corrected chi connectivity index (χ4v) is 3.19. The first kappa shape index (κ1) is 17.5. The van der Waals surface area contributed by atoms with E-state index in [0.717, 1.165) is 25.0 Å². The first-order valence-electron chi connectivity index (χ1n) is 7.87. The summed E-state index contributed by atoms with van der Waals surface area (Å²) in [5, 5.41) is 20.4. The number of aromatic nitrogens is 2. The van der Waals surface area contributed by atoms with Gasteiger partial charge in [-0.05, 0) is 31.0 Å². The number of hydrogen-bond donors (Lipinski definition) is 2. The largest absolute Gasteiger partial charge is 0.507 e. The fourth-order valence-electron chi connectivity index (χ4n) is 3.19. The molecule has 1 aliphatic rings. The Morgan fingerprint density at radius 1 is 1.20 bits per heavy atom. The molecular formula is C17H17F3N2O3. The van der Waals surface area contributed by atoms with E-state index in [1.54, 1.807) is 0 Å². The third-order valence-electron chi connectivity index (χ3n) is 4.52. The van der Waals surface area contributed by atoms with Gasteiger partial charge in [0.25, 0.3) is 5.56 Å². The zero-order valence-electron chi connectivity index (χ0n) is 13.3. The second-order valence-corrected chi connectivity index (χ2v) is 6.40. The summed E-state index contributed by atoms with van der Waals surface area (Å²) >= 11 is 0. The molecule has 1 aromatic carbocycles. The predicted octanol–water partition coefficient (Wildman–Crippen LogP) is 2.94. The molecule has 2 aromatic rings. The lowest BCUT2D eigenvalue weighted by Crippen LogP contribution is -2.36. The van der Waals surface area contributed by atoms with E-state index >= 15 is 0 Å². The SMILES string of the molecule is O=c1c(-c2ccc(C(F)(F)F)cc2O)cncn1CC1(O)CCCC1. The van der Waals surface area contributed by atoms with Gasteiger partial charge in [0, 0.05) is 11.8 Å². The smallest absolute Gasteiger partial charge is 0.416 e. The number of aliphatic hydroxyl groups is 1. The lowest BCUT2D eigenvalue weighted by molar-refractivity contribution is -0.137. The van der Waals surface area contributed by atoms with Gasteiger partial charge in [-0.3, -0.25) is 9.36 Å². The summed E-state index contributed by atoms with van der Waals surface area (Å²) in [6.07, 6.45) is 0.792. The minimum Gasteiger partial charge on any atom is -0.507 e. The number of phenolic OH excluding ortho intramolecular Hbond substituents is 1. The highest BCUT2D eigenvalue weighted by atomic mass is 19.4. The van der Waals surface area contributed by atoms with E-state index in [2.05, 4.69) is 4.98 Å². The van der Waals surface area contributed by atoms with Crippen LogP contribution in [0.1, 0.15) is 31.2 Å². The topological polar surface area (TPSA) is 75.3 Å². The zero-order valence-corrected chi connectivity index (χ0v) is 13.3. The van der Waals surface area contributed by atoms with Gasteiger partial charge in [-0.25, -0.2) is 4.98 Å². The van der Waals surface area contributed by atoms with Crippen molar-refractivity contribution in [2.24, 2.45) is 0 Å². The molecule has 1 saturated carbocycles. The van der Waals surface area contributed by atoms with Crippen LogP contribution in [0.5, 0.6) is 5.75 Å². The Morgan fingerprint density at radius 2 is 1.88 bits per heavy atom. The molecule has 1 heterocycles. The van der Waals surface area contributed by atoms with Crippen molar-refractivity contribution in [2.45, 2.75) is 44.0 Å². The van der Waals surface area contributed by atoms with Crippen LogP contribution in [0.3, 0.4) is 0 Å². The molecule has 3 rings (SSSR count). The maximum Gasteiger partial charge on any atom is 0.416 e. The number of rotatable bonds is 3. The van der Waals surface area contributed by atoms with Crippen molar-refractivity contribution >= 4 is 0 Å².